The molecule has 0 aromatic carbocycles. The Hall–Kier alpha value is -0.140. The molecule has 1 aliphatic carbocycles. The molecule has 0 bridgehead atoms. The zero-order valence-corrected chi connectivity index (χ0v) is 7.08. The van der Waals surface area contributed by atoms with Crippen LogP contribution in [-0.4, -0.2) is 5.92 Å². The molecule has 1 unspecified atom stereocenters. The Bertz CT molecular complexity index is 119. The quantitative estimate of drug-likeness (QED) is 0.581. The Labute approximate surface area is 67.0 Å². The Kier molecular flexibility index (Phi) is 2.85. The summed E-state index contributed by atoms with van der Waals surface area (Å²) in [5.41, 5.74) is 0. The van der Waals surface area contributed by atoms with E-state index in [1.165, 1.54) is 0 Å². The number of hydrogen-bond acceptors (Lipinski definition) is 0. The van der Waals surface area contributed by atoms with E-state index >= 15 is 0 Å². The van der Waals surface area contributed by atoms with Crippen LogP contribution in [0.15, 0.2) is 0 Å². The summed E-state index contributed by atoms with van der Waals surface area (Å²) in [6.07, 6.45) is 4.02. The van der Waals surface area contributed by atoms with E-state index in [2.05, 4.69) is 6.92 Å². The van der Waals surface area contributed by atoms with Crippen molar-refractivity contribution in [1.29, 1.82) is 0 Å². The van der Waals surface area contributed by atoms with E-state index in [0.29, 0.717) is 5.92 Å². The second kappa shape index (κ2) is 3.51. The maximum Gasteiger partial charge on any atom is 0.248 e. The highest BCUT2D eigenvalue weighted by Gasteiger charge is 2.35. The first kappa shape index (κ1) is 8.95. The Balaban J connectivity index is 2.34. The van der Waals surface area contributed by atoms with Crippen molar-refractivity contribution in [3.8, 4) is 0 Å². The minimum absolute atomic E-state index is 0.118. The summed E-state index contributed by atoms with van der Waals surface area (Å²) in [6.45, 7) is 2.06. The summed E-state index contributed by atoms with van der Waals surface area (Å²) in [6, 6.07) is 0. The monoisotopic (exact) mass is 162 g/mol. The molecule has 0 amide bonds. The fraction of sp³-hybridized carbons (Fsp3) is 1.00. The van der Waals surface area contributed by atoms with Crippen LogP contribution in [0.5, 0.6) is 0 Å². The average molecular weight is 162 g/mol. The molecule has 0 spiro atoms. The van der Waals surface area contributed by atoms with Crippen molar-refractivity contribution in [3.63, 3.8) is 0 Å². The van der Waals surface area contributed by atoms with Crippen molar-refractivity contribution in [2.45, 2.75) is 51.4 Å². The van der Waals surface area contributed by atoms with Crippen molar-refractivity contribution in [3.05, 3.63) is 0 Å². The smallest absolute Gasteiger partial charge is 0.207 e. The highest BCUT2D eigenvalue weighted by molar-refractivity contribution is 4.77. The third-order valence-corrected chi connectivity index (χ3v) is 2.44. The van der Waals surface area contributed by atoms with Crippen molar-refractivity contribution in [2.75, 3.05) is 0 Å². The van der Waals surface area contributed by atoms with Crippen LogP contribution in [0.1, 0.15) is 45.4 Å². The first-order valence-electron chi connectivity index (χ1n) is 4.52. The predicted molar refractivity (Wildman–Crippen MR) is 41.8 cm³/mol. The Morgan fingerprint density at radius 3 is 2.73 bits per heavy atom. The second-order valence-electron chi connectivity index (χ2n) is 3.61. The van der Waals surface area contributed by atoms with Gasteiger partial charge in [0.25, 0.3) is 0 Å². The Morgan fingerprint density at radius 1 is 1.45 bits per heavy atom. The van der Waals surface area contributed by atoms with Gasteiger partial charge in [-0.15, -0.1) is 0 Å². The van der Waals surface area contributed by atoms with Crippen molar-refractivity contribution >= 4 is 0 Å². The zero-order chi connectivity index (χ0) is 8.32. The molecule has 1 rings (SSSR count). The number of hydrogen-bond donors (Lipinski definition) is 0. The predicted octanol–water partition coefficient (Wildman–Crippen LogP) is 3.61. The van der Waals surface area contributed by atoms with E-state index in [9.17, 15) is 8.78 Å². The van der Waals surface area contributed by atoms with Crippen molar-refractivity contribution in [1.82, 2.24) is 0 Å². The molecule has 0 aliphatic heterocycles. The summed E-state index contributed by atoms with van der Waals surface area (Å²) >= 11 is 0. The molecule has 1 saturated carbocycles. The molecule has 1 atom stereocenters. The van der Waals surface area contributed by atoms with E-state index in [1.54, 1.807) is 0 Å². The average Bonchev–Trinajstić information content (AvgIpc) is 1.85. The topological polar surface area (TPSA) is 0 Å². The molecule has 0 N–H and O–H groups in total. The van der Waals surface area contributed by atoms with Crippen LogP contribution < -0.4 is 0 Å². The molecule has 0 aromatic heterocycles. The standard InChI is InChI=1S/C9H16F2/c1-2-4-8-5-3-6-9(10,11)7-8/h8H,2-7H2,1H3. The van der Waals surface area contributed by atoms with Gasteiger partial charge in [0, 0.05) is 12.8 Å². The van der Waals surface area contributed by atoms with Crippen LogP contribution in [0, 0.1) is 5.92 Å². The van der Waals surface area contributed by atoms with Crippen LogP contribution in [0.2, 0.25) is 0 Å². The lowest BCUT2D eigenvalue weighted by Gasteiger charge is -2.28. The first-order valence-corrected chi connectivity index (χ1v) is 4.52. The molecule has 0 heterocycles. The first-order chi connectivity index (χ1) is 5.14. The third kappa shape index (κ3) is 2.76. The van der Waals surface area contributed by atoms with E-state index in [-0.39, 0.29) is 12.8 Å². The highest BCUT2D eigenvalue weighted by Crippen LogP contribution is 2.38. The number of alkyl halides is 2. The second-order valence-corrected chi connectivity index (χ2v) is 3.61. The molecule has 1 aliphatic rings. The summed E-state index contributed by atoms with van der Waals surface area (Å²) < 4.78 is 25.6. The highest BCUT2D eigenvalue weighted by atomic mass is 19.3. The van der Waals surface area contributed by atoms with Gasteiger partial charge in [0.05, 0.1) is 0 Å². The van der Waals surface area contributed by atoms with Crippen LogP contribution in [0.3, 0.4) is 0 Å². The SMILES string of the molecule is CCCC1CCCC(F)(F)C1. The van der Waals surface area contributed by atoms with Crippen LogP contribution in [-0.2, 0) is 0 Å². The summed E-state index contributed by atoms with van der Waals surface area (Å²) in [4.78, 5) is 0. The minimum Gasteiger partial charge on any atom is -0.207 e. The zero-order valence-electron chi connectivity index (χ0n) is 7.08. The lowest BCUT2D eigenvalue weighted by atomic mass is 9.84. The van der Waals surface area contributed by atoms with Crippen LogP contribution in [0.25, 0.3) is 0 Å². The fourth-order valence-electron chi connectivity index (χ4n) is 1.93. The third-order valence-electron chi connectivity index (χ3n) is 2.44. The van der Waals surface area contributed by atoms with Gasteiger partial charge in [0.1, 0.15) is 0 Å². The van der Waals surface area contributed by atoms with Gasteiger partial charge in [-0.05, 0) is 12.3 Å². The normalized spacial score (nSPS) is 30.3. The maximum absolute atomic E-state index is 12.8. The van der Waals surface area contributed by atoms with Gasteiger partial charge >= 0.3 is 0 Å². The molecule has 0 nitrogen and oxygen atoms in total. The summed E-state index contributed by atoms with van der Waals surface area (Å²) in [7, 11) is 0. The van der Waals surface area contributed by atoms with Gasteiger partial charge in [-0.3, -0.25) is 0 Å². The van der Waals surface area contributed by atoms with Crippen LogP contribution >= 0.6 is 0 Å². The van der Waals surface area contributed by atoms with Gasteiger partial charge in [0.15, 0.2) is 0 Å². The lowest BCUT2D eigenvalue weighted by molar-refractivity contribution is -0.0535. The van der Waals surface area contributed by atoms with Gasteiger partial charge < -0.3 is 0 Å². The molecule has 2 heteroatoms. The van der Waals surface area contributed by atoms with Crippen molar-refractivity contribution < 1.29 is 8.78 Å². The van der Waals surface area contributed by atoms with E-state index in [1.807, 2.05) is 0 Å². The van der Waals surface area contributed by atoms with Gasteiger partial charge in [-0.25, -0.2) is 8.78 Å². The molecule has 11 heavy (non-hydrogen) atoms. The van der Waals surface area contributed by atoms with E-state index in [0.717, 1.165) is 25.7 Å². The molecular weight excluding hydrogens is 146 g/mol. The molecule has 66 valence electrons. The molecule has 0 aromatic rings. The summed E-state index contributed by atoms with van der Waals surface area (Å²) in [5.74, 6) is -2.05. The summed E-state index contributed by atoms with van der Waals surface area (Å²) in [5, 5.41) is 0. The van der Waals surface area contributed by atoms with E-state index < -0.39 is 5.92 Å². The van der Waals surface area contributed by atoms with Gasteiger partial charge in [0.2, 0.25) is 5.92 Å². The Morgan fingerprint density at radius 2 is 2.18 bits per heavy atom. The largest absolute Gasteiger partial charge is 0.248 e. The maximum atomic E-state index is 12.8. The number of rotatable bonds is 2. The number of halogens is 2. The molecule has 1 fully saturated rings. The fourth-order valence-corrected chi connectivity index (χ4v) is 1.93. The van der Waals surface area contributed by atoms with Crippen molar-refractivity contribution in [2.24, 2.45) is 5.92 Å². The lowest BCUT2D eigenvalue weighted by Crippen LogP contribution is -2.25. The minimum atomic E-state index is -2.35. The van der Waals surface area contributed by atoms with Gasteiger partial charge in [-0.1, -0.05) is 26.2 Å². The van der Waals surface area contributed by atoms with Gasteiger partial charge in [-0.2, -0.15) is 0 Å². The molecular formula is C9H16F2. The molecule has 0 saturated heterocycles. The van der Waals surface area contributed by atoms with E-state index in [4.69, 9.17) is 0 Å². The van der Waals surface area contributed by atoms with Crippen LogP contribution in [0.4, 0.5) is 8.78 Å². The molecule has 0 radical (unpaired) electrons.